The monoisotopic (exact) mass is 1090 g/mol. The SMILES string of the molecule is C=C/C=C\C=C/N(/C=C\C1=C(C=C)C(C(C)(C)C2CC3(C4=CC(Nc5ccccc5)CC=C4)C=CC(N/C=C\CCC=C)=CC23)c2cc(N(CC3C=CC=CC3)c3ccccc3)ccc21)c1ccccc1.c1ccccc1.c1ccccc1. The van der Waals surface area contributed by atoms with Gasteiger partial charge in [0.15, 0.2) is 0 Å². The summed E-state index contributed by atoms with van der Waals surface area (Å²) in [5.41, 5.74) is 12.0. The first-order chi connectivity index (χ1) is 40.8. The van der Waals surface area contributed by atoms with Crippen LogP contribution in [-0.2, 0) is 0 Å². The minimum absolute atomic E-state index is 0.0712. The Bertz CT molecular complexity index is 3320. The highest BCUT2D eigenvalue weighted by molar-refractivity contribution is 5.88. The van der Waals surface area contributed by atoms with Crippen LogP contribution < -0.4 is 20.4 Å². The molecule has 0 spiro atoms. The predicted molar refractivity (Wildman–Crippen MR) is 358 cm³/mol. The Morgan fingerprint density at radius 2 is 1.31 bits per heavy atom. The van der Waals surface area contributed by atoms with E-state index in [1.807, 2.05) is 91.0 Å². The van der Waals surface area contributed by atoms with Crippen molar-refractivity contribution in [2.24, 2.45) is 28.6 Å². The Balaban J connectivity index is 0.000000613. The zero-order valence-electron chi connectivity index (χ0n) is 48.6. The summed E-state index contributed by atoms with van der Waals surface area (Å²) >= 11 is 0. The van der Waals surface area contributed by atoms with E-state index in [4.69, 9.17) is 0 Å². The quantitative estimate of drug-likeness (QED) is 0.0427. The maximum absolute atomic E-state index is 4.62. The number of nitrogens with zero attached hydrogens (tertiary/aromatic N) is 2. The lowest BCUT2D eigenvalue weighted by Gasteiger charge is -2.62. The number of rotatable bonds is 21. The fourth-order valence-electron chi connectivity index (χ4n) is 12.4. The molecule has 11 rings (SSSR count). The maximum Gasteiger partial charge on any atom is 0.0484 e. The fourth-order valence-corrected chi connectivity index (χ4v) is 12.4. The smallest absolute Gasteiger partial charge is 0.0484 e. The summed E-state index contributed by atoms with van der Waals surface area (Å²) in [7, 11) is 0. The van der Waals surface area contributed by atoms with Crippen molar-refractivity contribution in [3.8, 4) is 0 Å². The van der Waals surface area contributed by atoms with Gasteiger partial charge in [0.2, 0.25) is 0 Å². The van der Waals surface area contributed by atoms with Crippen molar-refractivity contribution in [3.63, 3.8) is 0 Å². The minimum atomic E-state index is -0.198. The molecule has 0 aromatic heterocycles. The molecule has 0 aliphatic heterocycles. The third-order valence-corrected chi connectivity index (χ3v) is 16.6. The fraction of sp³-hybridized carbons (Fsp3) is 0.190. The van der Waals surface area contributed by atoms with Gasteiger partial charge in [0.1, 0.15) is 0 Å². The number of hydrogen-bond acceptors (Lipinski definition) is 4. The van der Waals surface area contributed by atoms with Gasteiger partial charge in [-0.25, -0.2) is 0 Å². The van der Waals surface area contributed by atoms with Crippen LogP contribution in [0.5, 0.6) is 0 Å². The zero-order valence-corrected chi connectivity index (χ0v) is 48.6. The van der Waals surface area contributed by atoms with Crippen LogP contribution in [0.15, 0.2) is 347 Å². The van der Waals surface area contributed by atoms with Crippen LogP contribution in [0.2, 0.25) is 0 Å². The topological polar surface area (TPSA) is 30.5 Å². The van der Waals surface area contributed by atoms with Crippen LogP contribution in [0, 0.1) is 28.6 Å². The van der Waals surface area contributed by atoms with E-state index in [2.05, 4.69) is 267 Å². The summed E-state index contributed by atoms with van der Waals surface area (Å²) in [5.74, 6) is 1.07. The van der Waals surface area contributed by atoms with Crippen molar-refractivity contribution in [2.75, 3.05) is 21.7 Å². The molecule has 0 saturated heterocycles. The molecule has 4 nitrogen and oxygen atoms in total. The van der Waals surface area contributed by atoms with Gasteiger partial charge in [0, 0.05) is 64.8 Å². The Morgan fingerprint density at radius 1 is 0.651 bits per heavy atom. The summed E-state index contributed by atoms with van der Waals surface area (Å²) in [6.07, 6.45) is 51.6. The number of benzene rings is 6. The second-order valence-electron chi connectivity index (χ2n) is 22.3. The van der Waals surface area contributed by atoms with Gasteiger partial charge in [-0.2, -0.15) is 0 Å². The molecule has 5 aliphatic rings. The molecule has 83 heavy (non-hydrogen) atoms. The largest absolute Gasteiger partial charge is 0.379 e. The van der Waals surface area contributed by atoms with Crippen LogP contribution in [0.3, 0.4) is 0 Å². The molecule has 0 radical (unpaired) electrons. The molecule has 6 aromatic rings. The van der Waals surface area contributed by atoms with Gasteiger partial charge < -0.3 is 20.4 Å². The van der Waals surface area contributed by atoms with Crippen LogP contribution in [-0.4, -0.2) is 12.6 Å². The average Bonchev–Trinajstić information content (AvgIpc) is 3.71. The van der Waals surface area contributed by atoms with Crippen molar-refractivity contribution in [1.29, 1.82) is 0 Å². The second-order valence-corrected chi connectivity index (χ2v) is 22.3. The molecule has 2 N–H and O–H groups in total. The van der Waals surface area contributed by atoms with E-state index < -0.39 is 0 Å². The van der Waals surface area contributed by atoms with Gasteiger partial charge in [-0.05, 0) is 156 Å². The molecule has 0 amide bonds. The number of fused-ring (bicyclic) bond motifs is 2. The molecule has 6 aromatic carbocycles. The van der Waals surface area contributed by atoms with E-state index in [0.717, 1.165) is 55.7 Å². The number of nitrogens with one attached hydrogen (secondary N) is 2. The summed E-state index contributed by atoms with van der Waals surface area (Å²) in [5, 5.41) is 7.51. The van der Waals surface area contributed by atoms with Gasteiger partial charge >= 0.3 is 0 Å². The first-order valence-electron chi connectivity index (χ1n) is 29.6. The Morgan fingerprint density at radius 3 is 1.95 bits per heavy atom. The van der Waals surface area contributed by atoms with E-state index in [9.17, 15) is 0 Å². The zero-order chi connectivity index (χ0) is 57.5. The number of anilines is 4. The third-order valence-electron chi connectivity index (χ3n) is 16.6. The van der Waals surface area contributed by atoms with Gasteiger partial charge in [0.05, 0.1) is 0 Å². The highest BCUT2D eigenvalue weighted by atomic mass is 15.1. The molecule has 5 aliphatic carbocycles. The summed E-state index contributed by atoms with van der Waals surface area (Å²) in [6.45, 7) is 18.4. The summed E-state index contributed by atoms with van der Waals surface area (Å²) in [6, 6.07) is 63.6. The van der Waals surface area contributed by atoms with Crippen molar-refractivity contribution in [1.82, 2.24) is 5.32 Å². The Hall–Kier alpha value is -9.12. The number of unbranched alkanes of at least 4 members (excludes halogenated alkanes) is 1. The lowest BCUT2D eigenvalue weighted by atomic mass is 9.42. The van der Waals surface area contributed by atoms with Crippen molar-refractivity contribution < 1.29 is 0 Å². The molecule has 0 bridgehead atoms. The molecule has 1 saturated carbocycles. The normalized spacial score (nSPS) is 21.2. The Labute approximate surface area is 496 Å². The van der Waals surface area contributed by atoms with Crippen molar-refractivity contribution >= 4 is 28.3 Å². The highest BCUT2D eigenvalue weighted by Crippen LogP contribution is 2.69. The molecule has 0 heterocycles. The van der Waals surface area contributed by atoms with E-state index in [1.165, 1.54) is 39.2 Å². The van der Waals surface area contributed by atoms with Crippen molar-refractivity contribution in [3.05, 3.63) is 358 Å². The molecule has 1 fully saturated rings. The van der Waals surface area contributed by atoms with Gasteiger partial charge in [0.25, 0.3) is 0 Å². The molecule has 6 unspecified atom stereocenters. The van der Waals surface area contributed by atoms with Crippen LogP contribution in [0.4, 0.5) is 22.7 Å². The lowest BCUT2D eigenvalue weighted by Crippen LogP contribution is -2.55. The van der Waals surface area contributed by atoms with Crippen LogP contribution in [0.1, 0.15) is 63.0 Å². The van der Waals surface area contributed by atoms with Gasteiger partial charge in [-0.15, -0.1) is 6.58 Å². The Kier molecular flexibility index (Phi) is 20.8. The summed E-state index contributed by atoms with van der Waals surface area (Å²) < 4.78 is 0. The van der Waals surface area contributed by atoms with Gasteiger partial charge in [-0.1, -0.05) is 252 Å². The highest BCUT2D eigenvalue weighted by Gasteiger charge is 2.61. The summed E-state index contributed by atoms with van der Waals surface area (Å²) in [4.78, 5) is 4.73. The van der Waals surface area contributed by atoms with Gasteiger partial charge in [-0.3, -0.25) is 0 Å². The molecule has 4 heteroatoms. The second kappa shape index (κ2) is 29.6. The molecule has 418 valence electrons. The van der Waals surface area contributed by atoms with E-state index in [-0.39, 0.29) is 28.7 Å². The number of allylic oxidation sites excluding steroid dienone is 18. The van der Waals surface area contributed by atoms with E-state index in [1.54, 1.807) is 6.08 Å². The van der Waals surface area contributed by atoms with Crippen LogP contribution in [0.25, 0.3) is 5.57 Å². The van der Waals surface area contributed by atoms with Crippen molar-refractivity contribution in [2.45, 2.75) is 57.9 Å². The predicted octanol–water partition coefficient (Wildman–Crippen LogP) is 20.2. The molecule has 6 atom stereocenters. The lowest BCUT2D eigenvalue weighted by molar-refractivity contribution is -0.0286. The average molecular weight is 1090 g/mol. The third kappa shape index (κ3) is 14.9. The number of para-hydroxylation sites is 3. The van der Waals surface area contributed by atoms with E-state index in [0.29, 0.717) is 11.8 Å². The molecular formula is C79H82N4. The maximum atomic E-state index is 4.62. The number of hydrogen-bond donors (Lipinski definition) is 2. The first kappa shape index (κ1) is 58.5. The van der Waals surface area contributed by atoms with Crippen LogP contribution >= 0.6 is 0 Å². The van der Waals surface area contributed by atoms with E-state index >= 15 is 0 Å². The minimum Gasteiger partial charge on any atom is -0.379 e. The first-order valence-corrected chi connectivity index (χ1v) is 29.6. The molecular weight excluding hydrogens is 1000 g/mol. The standard InChI is InChI=1S/C67H70N4.2C6H6/c1-6-9-11-25-43-68-54-40-42-67(52-30-27-33-55(46-52)69-53-31-19-14-20-32-53)49-64(63(67)47-54)66(4,5)65-59(8-3)61(41-45-70(44-26-12-10-7-2)56-34-21-15-22-35-56)60-39-38-58(48-62(60)65)71(57-36-23-16-24-37-57)50-51-28-17-13-18-29-51;2*1-2-4-6-5-3-1/h6-8,10,12-28,30-32,34-48,51,55,63-65,68-69H,1-3,9,11,29,33,49-50H2,4-5H3;2*1-6H/b12-10-,43-25-,44-26-,45-41-;;.